The molecule has 0 aromatic carbocycles. The van der Waals surface area contributed by atoms with Gasteiger partial charge in [-0.2, -0.15) is 0 Å². The molecular weight excluding hydrogens is 118 g/mol. The van der Waals surface area contributed by atoms with E-state index in [1.807, 2.05) is 0 Å². The van der Waals surface area contributed by atoms with Crippen molar-refractivity contribution in [1.29, 1.82) is 0 Å². The molecule has 0 heterocycles. The number of aliphatic hydroxyl groups is 1. The third kappa shape index (κ3) is 3.97. The highest BCUT2D eigenvalue weighted by molar-refractivity contribution is 5.75. The quantitative estimate of drug-likeness (QED) is 0.561. The van der Waals surface area contributed by atoms with Crippen molar-refractivity contribution in [1.82, 2.24) is 5.32 Å². The van der Waals surface area contributed by atoms with Crippen LogP contribution in [0.15, 0.2) is 0 Å². The van der Waals surface area contributed by atoms with E-state index in [0.717, 1.165) is 0 Å². The van der Waals surface area contributed by atoms with Crippen LogP contribution in [0, 0.1) is 0 Å². The van der Waals surface area contributed by atoms with E-state index in [1.54, 1.807) is 13.8 Å². The largest absolute Gasteiger partial charge is 0.394 e. The molecule has 0 radical (unpaired) electrons. The van der Waals surface area contributed by atoms with Gasteiger partial charge in [-0.1, -0.05) is 6.92 Å². The minimum Gasteiger partial charge on any atom is -0.394 e. The highest BCUT2D eigenvalue weighted by atomic mass is 16.3. The average Bonchev–Trinajstić information content (AvgIpc) is 1.87. The average molecular weight is 131 g/mol. The Balaban J connectivity index is 3.34. The highest BCUT2D eigenvalue weighted by Crippen LogP contribution is 1.80. The van der Waals surface area contributed by atoms with Gasteiger partial charge < -0.3 is 10.4 Å². The molecule has 3 heteroatoms. The number of rotatable bonds is 3. The summed E-state index contributed by atoms with van der Waals surface area (Å²) < 4.78 is 0. The van der Waals surface area contributed by atoms with Crippen molar-refractivity contribution in [2.24, 2.45) is 0 Å². The Morgan fingerprint density at radius 1 is 1.78 bits per heavy atom. The monoisotopic (exact) mass is 131 g/mol. The molecule has 0 aromatic rings. The normalized spacial score (nSPS) is 12.8. The van der Waals surface area contributed by atoms with Gasteiger partial charge in [-0.3, -0.25) is 4.79 Å². The molecule has 2 N–H and O–H groups in total. The van der Waals surface area contributed by atoms with E-state index in [0.29, 0.717) is 6.42 Å². The summed E-state index contributed by atoms with van der Waals surface area (Å²) in [6, 6.07) is -0.113. The lowest BCUT2D eigenvalue weighted by molar-refractivity contribution is -0.121. The second kappa shape index (κ2) is 4.32. The van der Waals surface area contributed by atoms with Gasteiger partial charge in [0.2, 0.25) is 5.91 Å². The fourth-order valence-corrected chi connectivity index (χ4v) is 0.423. The van der Waals surface area contributed by atoms with Crippen LogP contribution in [0.3, 0.4) is 0 Å². The summed E-state index contributed by atoms with van der Waals surface area (Å²) >= 11 is 0. The van der Waals surface area contributed by atoms with Crippen molar-refractivity contribution >= 4 is 5.91 Å². The number of nitrogens with one attached hydrogen (secondary N) is 1. The van der Waals surface area contributed by atoms with Gasteiger partial charge in [-0.25, -0.2) is 0 Å². The number of carbonyl (C=O) groups is 1. The topological polar surface area (TPSA) is 49.3 Å². The molecule has 1 amide bonds. The SMILES string of the molecule is CCC(=O)N[C@H](C)CO. The van der Waals surface area contributed by atoms with E-state index in [4.69, 9.17) is 5.11 Å². The summed E-state index contributed by atoms with van der Waals surface area (Å²) in [6.07, 6.45) is 0.477. The molecule has 0 fully saturated rings. The van der Waals surface area contributed by atoms with Crippen LogP contribution in [0.4, 0.5) is 0 Å². The first kappa shape index (κ1) is 8.43. The number of aliphatic hydroxyl groups excluding tert-OH is 1. The molecule has 0 unspecified atom stereocenters. The van der Waals surface area contributed by atoms with E-state index >= 15 is 0 Å². The number of hydrogen-bond acceptors (Lipinski definition) is 2. The Morgan fingerprint density at radius 3 is 2.67 bits per heavy atom. The number of carbonyl (C=O) groups excluding carboxylic acids is 1. The molecule has 1 atom stereocenters. The second-order valence-corrected chi connectivity index (χ2v) is 2.00. The van der Waals surface area contributed by atoms with Gasteiger partial charge in [0.05, 0.1) is 6.61 Å². The van der Waals surface area contributed by atoms with Gasteiger partial charge in [0.15, 0.2) is 0 Å². The van der Waals surface area contributed by atoms with Gasteiger partial charge in [0.25, 0.3) is 0 Å². The van der Waals surface area contributed by atoms with Gasteiger partial charge in [-0.15, -0.1) is 0 Å². The Labute approximate surface area is 55.1 Å². The molecular formula is C6H13NO2. The van der Waals surface area contributed by atoms with Crippen LogP contribution in [0.2, 0.25) is 0 Å². The lowest BCUT2D eigenvalue weighted by Gasteiger charge is -2.08. The summed E-state index contributed by atoms with van der Waals surface area (Å²) in [4.78, 5) is 10.6. The van der Waals surface area contributed by atoms with Crippen LogP contribution < -0.4 is 5.32 Å². The first-order valence-corrected chi connectivity index (χ1v) is 3.11. The van der Waals surface area contributed by atoms with E-state index in [-0.39, 0.29) is 18.6 Å². The Kier molecular flexibility index (Phi) is 4.05. The van der Waals surface area contributed by atoms with Gasteiger partial charge in [-0.05, 0) is 6.92 Å². The van der Waals surface area contributed by atoms with Crippen molar-refractivity contribution < 1.29 is 9.90 Å². The van der Waals surface area contributed by atoms with E-state index in [1.165, 1.54) is 0 Å². The zero-order valence-electron chi connectivity index (χ0n) is 5.85. The molecule has 0 aliphatic rings. The second-order valence-electron chi connectivity index (χ2n) is 2.00. The smallest absolute Gasteiger partial charge is 0.220 e. The Hall–Kier alpha value is -0.570. The van der Waals surface area contributed by atoms with Gasteiger partial charge in [0, 0.05) is 12.5 Å². The van der Waals surface area contributed by atoms with Gasteiger partial charge >= 0.3 is 0 Å². The first-order chi connectivity index (χ1) is 4.20. The predicted molar refractivity (Wildman–Crippen MR) is 35.0 cm³/mol. The van der Waals surface area contributed by atoms with Gasteiger partial charge in [0.1, 0.15) is 0 Å². The van der Waals surface area contributed by atoms with Crippen LogP contribution in [0.5, 0.6) is 0 Å². The van der Waals surface area contributed by atoms with E-state index < -0.39 is 0 Å². The molecule has 3 nitrogen and oxygen atoms in total. The third-order valence-electron chi connectivity index (χ3n) is 1.00. The lowest BCUT2D eigenvalue weighted by atomic mass is 10.3. The fraction of sp³-hybridized carbons (Fsp3) is 0.833. The van der Waals surface area contributed by atoms with Crippen molar-refractivity contribution in [2.45, 2.75) is 26.3 Å². The molecule has 9 heavy (non-hydrogen) atoms. The fourth-order valence-electron chi connectivity index (χ4n) is 0.423. The molecule has 0 aromatic heterocycles. The lowest BCUT2D eigenvalue weighted by Crippen LogP contribution is -2.34. The van der Waals surface area contributed by atoms with Crippen LogP contribution >= 0.6 is 0 Å². The van der Waals surface area contributed by atoms with Crippen molar-refractivity contribution in [3.63, 3.8) is 0 Å². The third-order valence-corrected chi connectivity index (χ3v) is 1.00. The molecule has 0 saturated heterocycles. The maximum absolute atomic E-state index is 10.6. The van der Waals surface area contributed by atoms with E-state index in [2.05, 4.69) is 5.32 Å². The molecule has 54 valence electrons. The summed E-state index contributed by atoms with van der Waals surface area (Å²) in [5, 5.41) is 11.1. The van der Waals surface area contributed by atoms with Crippen LogP contribution in [0.1, 0.15) is 20.3 Å². The molecule has 0 rings (SSSR count). The number of amides is 1. The maximum atomic E-state index is 10.6. The Bertz CT molecular complexity index is 93.1. The van der Waals surface area contributed by atoms with Crippen LogP contribution in [-0.4, -0.2) is 23.7 Å². The zero-order valence-corrected chi connectivity index (χ0v) is 5.85. The summed E-state index contributed by atoms with van der Waals surface area (Å²) in [7, 11) is 0. The minimum atomic E-state index is -0.113. The maximum Gasteiger partial charge on any atom is 0.220 e. The van der Waals surface area contributed by atoms with Crippen molar-refractivity contribution in [3.05, 3.63) is 0 Å². The zero-order chi connectivity index (χ0) is 7.28. The molecule has 0 bridgehead atoms. The molecule has 0 spiro atoms. The van der Waals surface area contributed by atoms with Crippen LogP contribution in [0.25, 0.3) is 0 Å². The molecule has 0 saturated carbocycles. The van der Waals surface area contributed by atoms with Crippen molar-refractivity contribution in [2.75, 3.05) is 6.61 Å². The molecule has 0 aliphatic heterocycles. The Morgan fingerprint density at radius 2 is 2.33 bits per heavy atom. The predicted octanol–water partition coefficient (Wildman–Crippen LogP) is -0.107. The number of hydrogen-bond donors (Lipinski definition) is 2. The van der Waals surface area contributed by atoms with E-state index in [9.17, 15) is 4.79 Å². The van der Waals surface area contributed by atoms with Crippen molar-refractivity contribution in [3.8, 4) is 0 Å². The first-order valence-electron chi connectivity index (χ1n) is 3.11. The molecule has 0 aliphatic carbocycles. The summed E-state index contributed by atoms with van der Waals surface area (Å²) in [5.41, 5.74) is 0. The highest BCUT2D eigenvalue weighted by Gasteiger charge is 2.01. The van der Waals surface area contributed by atoms with Crippen LogP contribution in [-0.2, 0) is 4.79 Å². The standard InChI is InChI=1S/C6H13NO2/c1-3-6(9)7-5(2)4-8/h5,8H,3-4H2,1-2H3,(H,7,9)/t5-/m1/s1. The summed E-state index contributed by atoms with van der Waals surface area (Å²) in [6.45, 7) is 3.54. The minimum absolute atomic E-state index is 0.00569. The summed E-state index contributed by atoms with van der Waals surface area (Å²) in [5.74, 6) is -0.0171.